The van der Waals surface area contributed by atoms with Gasteiger partial charge < -0.3 is 0 Å². The number of hydrogen-bond donors (Lipinski definition) is 1. The lowest BCUT2D eigenvalue weighted by molar-refractivity contribution is 0.102. The van der Waals surface area contributed by atoms with Crippen LogP contribution in [0.25, 0.3) is 22.0 Å². The topological polar surface area (TPSA) is 67.8 Å². The Morgan fingerprint density at radius 3 is 2.50 bits per heavy atom. The van der Waals surface area contributed by atoms with Crippen molar-refractivity contribution in [3.05, 3.63) is 70.7 Å². The second-order valence-electron chi connectivity index (χ2n) is 5.56. The maximum absolute atomic E-state index is 12.4. The molecule has 0 bridgehead atoms. The molecule has 1 amide bonds. The number of hydrogen-bond acceptors (Lipinski definition) is 6. The predicted molar refractivity (Wildman–Crippen MR) is 106 cm³/mol. The zero-order valence-corrected chi connectivity index (χ0v) is 15.5. The summed E-state index contributed by atoms with van der Waals surface area (Å²) in [6.45, 7) is 2.06. The molecule has 128 valence electrons. The van der Waals surface area contributed by atoms with Crippen molar-refractivity contribution >= 4 is 33.7 Å². The number of nitrogens with zero attached hydrogens (tertiary/aromatic N) is 3. The van der Waals surface area contributed by atoms with Gasteiger partial charge in [0, 0.05) is 28.2 Å². The Bertz CT molecular complexity index is 1040. The normalized spacial score (nSPS) is 10.7. The molecule has 0 aliphatic carbocycles. The molecule has 0 radical (unpaired) electrons. The van der Waals surface area contributed by atoms with Gasteiger partial charge in [0.05, 0.1) is 16.1 Å². The number of amides is 1. The number of anilines is 1. The molecule has 0 saturated heterocycles. The molecule has 3 heterocycles. The van der Waals surface area contributed by atoms with E-state index in [2.05, 4.69) is 33.3 Å². The van der Waals surface area contributed by atoms with Crippen molar-refractivity contribution in [2.24, 2.45) is 0 Å². The minimum Gasteiger partial charge on any atom is -0.298 e. The van der Waals surface area contributed by atoms with Crippen LogP contribution in [-0.2, 0) is 0 Å². The minimum absolute atomic E-state index is 0.270. The number of thiophene rings is 1. The zero-order valence-electron chi connectivity index (χ0n) is 13.8. The summed E-state index contributed by atoms with van der Waals surface area (Å²) in [5, 5.41) is 5.31. The lowest BCUT2D eigenvalue weighted by Gasteiger charge is -2.03. The van der Waals surface area contributed by atoms with Crippen LogP contribution in [0.2, 0.25) is 0 Å². The summed E-state index contributed by atoms with van der Waals surface area (Å²) in [7, 11) is 0. The monoisotopic (exact) mass is 378 g/mol. The number of nitrogens with one attached hydrogen (secondary N) is 1. The van der Waals surface area contributed by atoms with E-state index in [1.165, 1.54) is 28.6 Å². The van der Waals surface area contributed by atoms with Crippen molar-refractivity contribution in [3.8, 4) is 22.0 Å². The van der Waals surface area contributed by atoms with E-state index in [0.29, 0.717) is 16.5 Å². The van der Waals surface area contributed by atoms with Crippen molar-refractivity contribution in [1.29, 1.82) is 0 Å². The Kier molecular flexibility index (Phi) is 4.55. The van der Waals surface area contributed by atoms with Gasteiger partial charge in [-0.3, -0.25) is 10.1 Å². The van der Waals surface area contributed by atoms with Crippen LogP contribution in [0.3, 0.4) is 0 Å². The molecule has 0 spiro atoms. The maximum Gasteiger partial charge on any atom is 0.260 e. The fourth-order valence-corrected chi connectivity index (χ4v) is 3.98. The van der Waals surface area contributed by atoms with E-state index < -0.39 is 0 Å². The first kappa shape index (κ1) is 16.6. The van der Waals surface area contributed by atoms with Crippen molar-refractivity contribution in [1.82, 2.24) is 15.0 Å². The summed E-state index contributed by atoms with van der Waals surface area (Å²) < 4.78 is 0. The molecule has 5 nitrogen and oxygen atoms in total. The Balaban J connectivity index is 1.47. The average molecular weight is 378 g/mol. The Labute approximate surface area is 158 Å². The molecule has 4 aromatic rings. The number of rotatable bonds is 4. The van der Waals surface area contributed by atoms with Crippen LogP contribution < -0.4 is 5.32 Å². The third kappa shape index (κ3) is 3.54. The van der Waals surface area contributed by atoms with E-state index in [1.54, 1.807) is 11.3 Å². The molecule has 26 heavy (non-hydrogen) atoms. The molecule has 4 rings (SSSR count). The van der Waals surface area contributed by atoms with E-state index in [-0.39, 0.29) is 5.91 Å². The van der Waals surface area contributed by atoms with Gasteiger partial charge in [0.25, 0.3) is 5.91 Å². The lowest BCUT2D eigenvalue weighted by atomic mass is 10.2. The third-order valence-corrected chi connectivity index (χ3v) is 5.44. The molecule has 0 fully saturated rings. The van der Waals surface area contributed by atoms with E-state index in [0.717, 1.165) is 16.1 Å². The van der Waals surface area contributed by atoms with Crippen LogP contribution in [0.15, 0.2) is 60.2 Å². The molecule has 7 heteroatoms. The molecule has 0 saturated carbocycles. The van der Waals surface area contributed by atoms with Crippen LogP contribution >= 0.6 is 22.7 Å². The van der Waals surface area contributed by atoms with Gasteiger partial charge in [-0.05, 0) is 19.1 Å². The summed E-state index contributed by atoms with van der Waals surface area (Å²) in [5.41, 5.74) is 2.18. The number of carbonyl (C=O) groups is 1. The molecule has 0 unspecified atom stereocenters. The smallest absolute Gasteiger partial charge is 0.260 e. The van der Waals surface area contributed by atoms with Crippen molar-refractivity contribution in [3.63, 3.8) is 0 Å². The number of aryl methyl sites for hydroxylation is 1. The van der Waals surface area contributed by atoms with E-state index in [1.807, 2.05) is 41.8 Å². The largest absolute Gasteiger partial charge is 0.298 e. The molecule has 3 aromatic heterocycles. The number of benzene rings is 1. The number of thiazole rings is 1. The summed E-state index contributed by atoms with van der Waals surface area (Å²) >= 11 is 3.08. The Morgan fingerprint density at radius 2 is 1.81 bits per heavy atom. The molecule has 0 atom stereocenters. The van der Waals surface area contributed by atoms with Gasteiger partial charge in [0.1, 0.15) is 0 Å². The zero-order chi connectivity index (χ0) is 17.9. The first-order valence-corrected chi connectivity index (χ1v) is 9.60. The fourth-order valence-electron chi connectivity index (χ4n) is 2.37. The Morgan fingerprint density at radius 1 is 1.04 bits per heavy atom. The van der Waals surface area contributed by atoms with Gasteiger partial charge in [0.2, 0.25) is 0 Å². The highest BCUT2D eigenvalue weighted by Gasteiger charge is 2.12. The highest BCUT2D eigenvalue weighted by Crippen LogP contribution is 2.30. The molecule has 0 aliphatic heterocycles. The molecule has 1 N–H and O–H groups in total. The average Bonchev–Trinajstić information content (AvgIpc) is 3.31. The second kappa shape index (κ2) is 7.15. The van der Waals surface area contributed by atoms with Gasteiger partial charge in [-0.2, -0.15) is 0 Å². The Hall–Kier alpha value is -2.90. The van der Waals surface area contributed by atoms with Gasteiger partial charge >= 0.3 is 0 Å². The molecular formula is C19H14N4OS2. The van der Waals surface area contributed by atoms with Gasteiger partial charge in [-0.1, -0.05) is 30.3 Å². The van der Waals surface area contributed by atoms with Crippen molar-refractivity contribution in [2.75, 3.05) is 5.32 Å². The quantitative estimate of drug-likeness (QED) is 0.549. The minimum atomic E-state index is -0.270. The van der Waals surface area contributed by atoms with Gasteiger partial charge in [-0.15, -0.1) is 22.7 Å². The van der Waals surface area contributed by atoms with Crippen LogP contribution in [0.4, 0.5) is 5.13 Å². The van der Waals surface area contributed by atoms with Crippen LogP contribution in [0.1, 0.15) is 15.2 Å². The first-order chi connectivity index (χ1) is 12.7. The highest BCUT2D eigenvalue weighted by molar-refractivity contribution is 7.17. The van der Waals surface area contributed by atoms with Gasteiger partial charge in [-0.25, -0.2) is 15.0 Å². The third-order valence-electron chi connectivity index (χ3n) is 3.66. The first-order valence-electron chi connectivity index (χ1n) is 7.90. The number of carbonyl (C=O) groups excluding carboxylic acids is 1. The van der Waals surface area contributed by atoms with Crippen LogP contribution in [-0.4, -0.2) is 20.9 Å². The molecular weight excluding hydrogens is 364 g/mol. The standard InChI is InChI=1S/C19H14N4OS2/c1-12-7-8-16(26-12)15-11-25-19(22-15)23-18(24)14-9-20-17(21-10-14)13-5-3-2-4-6-13/h2-11H,1H3,(H,22,23,24). The lowest BCUT2D eigenvalue weighted by Crippen LogP contribution is -2.12. The number of aromatic nitrogens is 3. The van der Waals surface area contributed by atoms with E-state index in [4.69, 9.17) is 0 Å². The second-order valence-corrected chi connectivity index (χ2v) is 7.71. The fraction of sp³-hybridized carbons (Fsp3) is 0.0526. The molecule has 1 aromatic carbocycles. The van der Waals surface area contributed by atoms with Crippen LogP contribution in [0, 0.1) is 6.92 Å². The van der Waals surface area contributed by atoms with E-state index >= 15 is 0 Å². The summed E-state index contributed by atoms with van der Waals surface area (Å²) in [5.74, 6) is 0.319. The van der Waals surface area contributed by atoms with Crippen molar-refractivity contribution < 1.29 is 4.79 Å². The van der Waals surface area contributed by atoms with Gasteiger partial charge in [0.15, 0.2) is 11.0 Å². The maximum atomic E-state index is 12.4. The molecule has 0 aliphatic rings. The predicted octanol–water partition coefficient (Wildman–Crippen LogP) is 4.89. The summed E-state index contributed by atoms with van der Waals surface area (Å²) in [4.78, 5) is 27.8. The highest BCUT2D eigenvalue weighted by atomic mass is 32.1. The summed E-state index contributed by atoms with van der Waals surface area (Å²) in [6, 6.07) is 13.7. The van der Waals surface area contributed by atoms with Crippen molar-refractivity contribution in [2.45, 2.75) is 6.92 Å². The summed E-state index contributed by atoms with van der Waals surface area (Å²) in [6.07, 6.45) is 3.06. The van der Waals surface area contributed by atoms with Crippen LogP contribution in [0.5, 0.6) is 0 Å². The van der Waals surface area contributed by atoms with E-state index in [9.17, 15) is 4.79 Å². The SMILES string of the molecule is Cc1ccc(-c2csc(NC(=O)c3cnc(-c4ccccc4)nc3)n2)s1.